The maximum Gasteiger partial charge on any atom is 0.252 e. The molecule has 7 nitrogen and oxygen atoms in total. The molecule has 146 valence electrons. The molecule has 0 aliphatic rings. The fourth-order valence-electron chi connectivity index (χ4n) is 2.83. The van der Waals surface area contributed by atoms with Gasteiger partial charge in [0.1, 0.15) is 0 Å². The van der Waals surface area contributed by atoms with Gasteiger partial charge in [-0.25, -0.2) is 8.42 Å². The number of carbonyl (C=O) groups excluding carboxylic acids is 1. The van der Waals surface area contributed by atoms with Crippen molar-refractivity contribution in [2.75, 3.05) is 5.32 Å². The van der Waals surface area contributed by atoms with Gasteiger partial charge in [0.15, 0.2) is 9.84 Å². The minimum Gasteiger partial charge on any atom is -0.365 e. The summed E-state index contributed by atoms with van der Waals surface area (Å²) in [7, 11) is -3.53. The van der Waals surface area contributed by atoms with E-state index in [1.54, 1.807) is 32.9 Å². The SMILES string of the molecule is Cc1cc(S(=O)(=O)C(C)C)cc2c(Nc3cncc(Cl)c3)c(C(N)=O)cnc12. The van der Waals surface area contributed by atoms with Gasteiger partial charge in [-0.3, -0.25) is 14.8 Å². The van der Waals surface area contributed by atoms with Gasteiger partial charge in [0.25, 0.3) is 5.91 Å². The summed E-state index contributed by atoms with van der Waals surface area (Å²) < 4.78 is 25.4. The number of pyridine rings is 2. The molecule has 0 spiro atoms. The monoisotopic (exact) mass is 418 g/mol. The van der Waals surface area contributed by atoms with E-state index in [2.05, 4.69) is 15.3 Å². The molecule has 3 aromatic rings. The third kappa shape index (κ3) is 3.65. The molecule has 2 aromatic heterocycles. The van der Waals surface area contributed by atoms with Crippen LogP contribution in [0.1, 0.15) is 29.8 Å². The smallest absolute Gasteiger partial charge is 0.252 e. The Kier molecular flexibility index (Phi) is 5.27. The normalized spacial score (nSPS) is 11.8. The molecule has 0 unspecified atom stereocenters. The molecule has 3 N–H and O–H groups in total. The van der Waals surface area contributed by atoms with Crippen molar-refractivity contribution in [3.8, 4) is 0 Å². The Balaban J connectivity index is 2.33. The molecule has 0 saturated carbocycles. The van der Waals surface area contributed by atoms with Crippen LogP contribution >= 0.6 is 11.6 Å². The lowest BCUT2D eigenvalue weighted by Gasteiger charge is -2.16. The van der Waals surface area contributed by atoms with Crippen molar-refractivity contribution in [1.82, 2.24) is 9.97 Å². The Morgan fingerprint density at radius 2 is 1.89 bits per heavy atom. The van der Waals surface area contributed by atoms with Crippen molar-refractivity contribution in [1.29, 1.82) is 0 Å². The molecule has 0 radical (unpaired) electrons. The number of carbonyl (C=O) groups is 1. The second-order valence-electron chi connectivity index (χ2n) is 6.66. The average Bonchev–Trinajstić information content (AvgIpc) is 2.61. The maximum absolute atomic E-state index is 12.7. The molecule has 1 aromatic carbocycles. The van der Waals surface area contributed by atoms with Crippen molar-refractivity contribution in [2.24, 2.45) is 5.73 Å². The number of sulfone groups is 1. The number of primary amides is 1. The van der Waals surface area contributed by atoms with Gasteiger partial charge in [-0.2, -0.15) is 0 Å². The van der Waals surface area contributed by atoms with Crippen molar-refractivity contribution >= 4 is 49.6 Å². The molecule has 9 heteroatoms. The summed E-state index contributed by atoms with van der Waals surface area (Å²) >= 11 is 5.99. The highest BCUT2D eigenvalue weighted by Gasteiger charge is 2.23. The molecule has 3 rings (SSSR count). The molecule has 0 bridgehead atoms. The van der Waals surface area contributed by atoms with E-state index in [4.69, 9.17) is 17.3 Å². The molecule has 0 aliphatic carbocycles. The van der Waals surface area contributed by atoms with Gasteiger partial charge >= 0.3 is 0 Å². The number of hydrogen-bond donors (Lipinski definition) is 2. The largest absolute Gasteiger partial charge is 0.365 e. The van der Waals surface area contributed by atoms with Crippen molar-refractivity contribution in [2.45, 2.75) is 30.9 Å². The van der Waals surface area contributed by atoms with Crippen molar-refractivity contribution < 1.29 is 13.2 Å². The predicted octanol–water partition coefficient (Wildman–Crippen LogP) is 3.62. The predicted molar refractivity (Wildman–Crippen MR) is 110 cm³/mol. The second kappa shape index (κ2) is 7.37. The van der Waals surface area contributed by atoms with E-state index in [9.17, 15) is 13.2 Å². The van der Waals surface area contributed by atoms with Crippen LogP contribution in [0, 0.1) is 6.92 Å². The fourth-order valence-corrected chi connectivity index (χ4v) is 4.17. The molecule has 0 aliphatic heterocycles. The molecule has 28 heavy (non-hydrogen) atoms. The number of rotatable bonds is 5. The summed E-state index contributed by atoms with van der Waals surface area (Å²) in [6.07, 6.45) is 4.38. The van der Waals surface area contributed by atoms with E-state index >= 15 is 0 Å². The Morgan fingerprint density at radius 3 is 2.50 bits per heavy atom. The van der Waals surface area contributed by atoms with Crippen LogP contribution in [-0.4, -0.2) is 29.5 Å². The highest BCUT2D eigenvalue weighted by molar-refractivity contribution is 7.92. The lowest BCUT2D eigenvalue weighted by molar-refractivity contribution is 0.100. The molecule has 0 atom stereocenters. The van der Waals surface area contributed by atoms with E-state index in [0.717, 1.165) is 0 Å². The molecule has 1 amide bonds. The zero-order valence-electron chi connectivity index (χ0n) is 15.5. The number of benzene rings is 1. The van der Waals surface area contributed by atoms with Crippen LogP contribution in [0.4, 0.5) is 11.4 Å². The van der Waals surface area contributed by atoms with Crippen molar-refractivity contribution in [3.63, 3.8) is 0 Å². The van der Waals surface area contributed by atoms with Crippen LogP contribution in [-0.2, 0) is 9.84 Å². The third-order valence-electron chi connectivity index (χ3n) is 4.32. The highest BCUT2D eigenvalue weighted by atomic mass is 35.5. The van der Waals surface area contributed by atoms with Crippen LogP contribution in [0.25, 0.3) is 10.9 Å². The first kappa shape index (κ1) is 20.0. The van der Waals surface area contributed by atoms with Gasteiger partial charge in [-0.05, 0) is 44.5 Å². The third-order valence-corrected chi connectivity index (χ3v) is 6.66. The first-order valence-corrected chi connectivity index (χ1v) is 10.4. The Labute approximate surface area is 167 Å². The van der Waals surface area contributed by atoms with Crippen LogP contribution < -0.4 is 11.1 Å². The van der Waals surface area contributed by atoms with Gasteiger partial charge in [-0.15, -0.1) is 0 Å². The molecule has 0 saturated heterocycles. The minimum absolute atomic E-state index is 0.131. The average molecular weight is 419 g/mol. The zero-order valence-corrected chi connectivity index (χ0v) is 17.1. The number of fused-ring (bicyclic) bond motifs is 1. The number of anilines is 2. The Hall–Kier alpha value is -2.71. The summed E-state index contributed by atoms with van der Waals surface area (Å²) in [5.74, 6) is -0.693. The number of nitrogens with two attached hydrogens (primary N) is 1. The van der Waals surface area contributed by atoms with E-state index < -0.39 is 21.0 Å². The zero-order chi connectivity index (χ0) is 20.6. The quantitative estimate of drug-likeness (QED) is 0.653. The summed E-state index contributed by atoms with van der Waals surface area (Å²) in [5.41, 5.74) is 7.76. The Morgan fingerprint density at radius 1 is 1.18 bits per heavy atom. The number of halogens is 1. The van der Waals surface area contributed by atoms with E-state index in [-0.39, 0.29) is 10.5 Å². The Bertz CT molecular complexity index is 1190. The van der Waals surface area contributed by atoms with Crippen molar-refractivity contribution in [3.05, 3.63) is 52.9 Å². The topological polar surface area (TPSA) is 115 Å². The molecular formula is C19H19ClN4O3S. The number of aromatic nitrogens is 2. The minimum atomic E-state index is -3.53. The molecular weight excluding hydrogens is 400 g/mol. The summed E-state index contributed by atoms with van der Waals surface area (Å²) in [4.78, 5) is 20.5. The number of nitrogens with one attached hydrogen (secondary N) is 1. The standard InChI is InChI=1S/C19H19ClN4O3S/c1-10(2)28(26,27)14-4-11(3)17-15(6-14)18(16(9-23-17)19(21)25)24-13-5-12(20)7-22-8-13/h4-10H,1-3H3,(H2,21,25)(H,23,24). The lowest BCUT2D eigenvalue weighted by atomic mass is 10.1. The van der Waals surface area contributed by atoms with E-state index in [1.165, 1.54) is 24.7 Å². The van der Waals surface area contributed by atoms with Crippen LogP contribution in [0.3, 0.4) is 0 Å². The lowest BCUT2D eigenvalue weighted by Crippen LogP contribution is -2.16. The summed E-state index contributed by atoms with van der Waals surface area (Å²) in [6, 6.07) is 4.73. The van der Waals surface area contributed by atoms with Gasteiger partial charge < -0.3 is 11.1 Å². The van der Waals surface area contributed by atoms with Crippen LogP contribution in [0.15, 0.2) is 41.7 Å². The first-order valence-electron chi connectivity index (χ1n) is 8.46. The highest BCUT2D eigenvalue weighted by Crippen LogP contribution is 2.33. The van der Waals surface area contributed by atoms with Gasteiger partial charge in [0.2, 0.25) is 0 Å². The summed E-state index contributed by atoms with van der Waals surface area (Å²) in [6.45, 7) is 5.00. The maximum atomic E-state index is 12.7. The van der Waals surface area contributed by atoms with E-state index in [0.29, 0.717) is 32.9 Å². The van der Waals surface area contributed by atoms with Gasteiger partial charge in [0.05, 0.1) is 43.8 Å². The first-order chi connectivity index (χ1) is 13.1. The van der Waals surface area contributed by atoms with Gasteiger partial charge in [-0.1, -0.05) is 11.6 Å². The second-order valence-corrected chi connectivity index (χ2v) is 9.60. The van der Waals surface area contributed by atoms with E-state index in [1.807, 2.05) is 0 Å². The molecule has 0 fully saturated rings. The molecule has 2 heterocycles. The number of amides is 1. The number of aryl methyl sites for hydroxylation is 1. The van der Waals surface area contributed by atoms with Crippen LogP contribution in [0.2, 0.25) is 5.02 Å². The van der Waals surface area contributed by atoms with Crippen LogP contribution in [0.5, 0.6) is 0 Å². The number of nitrogens with zero attached hydrogens (tertiary/aromatic N) is 2. The number of hydrogen-bond acceptors (Lipinski definition) is 6. The van der Waals surface area contributed by atoms with Gasteiger partial charge in [0, 0.05) is 17.8 Å². The summed E-state index contributed by atoms with van der Waals surface area (Å²) in [5, 5.41) is 3.37. The fraction of sp³-hybridized carbons (Fsp3) is 0.211.